The zero-order valence-corrected chi connectivity index (χ0v) is 14.8. The molecule has 1 amide bonds. The van der Waals surface area contributed by atoms with E-state index >= 15 is 0 Å². The number of anilines is 1. The van der Waals surface area contributed by atoms with Crippen LogP contribution in [0.1, 0.15) is 38.7 Å². The number of benzene rings is 1. The highest BCUT2D eigenvalue weighted by atomic mass is 16.2. The molecule has 2 saturated carbocycles. The zero-order valence-electron chi connectivity index (χ0n) is 14.8. The topological polar surface area (TPSA) is 59.8 Å². The SMILES string of the molecule is C=C1C2(C(=O)Nc3ccc(Cn4cncn4)cc3)CCC(C2)C1(C)C. The van der Waals surface area contributed by atoms with Crippen molar-refractivity contribution in [2.45, 2.75) is 39.7 Å². The van der Waals surface area contributed by atoms with Crippen molar-refractivity contribution in [1.82, 2.24) is 14.8 Å². The molecule has 1 heterocycles. The van der Waals surface area contributed by atoms with Crippen molar-refractivity contribution in [3.05, 3.63) is 54.6 Å². The molecule has 1 aromatic heterocycles. The van der Waals surface area contributed by atoms with Crippen LogP contribution in [0, 0.1) is 16.7 Å². The summed E-state index contributed by atoms with van der Waals surface area (Å²) in [5, 5.41) is 7.23. The van der Waals surface area contributed by atoms with Crippen molar-refractivity contribution < 1.29 is 4.79 Å². The number of carbonyl (C=O) groups excluding carboxylic acids is 1. The first kappa shape index (κ1) is 16.1. The molecule has 2 fully saturated rings. The maximum absolute atomic E-state index is 13.0. The predicted octanol–water partition coefficient (Wildman–Crippen LogP) is 3.65. The highest BCUT2D eigenvalue weighted by Gasteiger charge is 2.60. The van der Waals surface area contributed by atoms with Crippen molar-refractivity contribution in [2.75, 3.05) is 5.32 Å². The predicted molar refractivity (Wildman–Crippen MR) is 96.9 cm³/mol. The molecule has 1 aromatic carbocycles. The normalized spacial score (nSPS) is 26.8. The van der Waals surface area contributed by atoms with Gasteiger partial charge in [-0.05, 0) is 48.3 Å². The first-order valence-corrected chi connectivity index (χ1v) is 8.84. The summed E-state index contributed by atoms with van der Waals surface area (Å²) in [7, 11) is 0. The quantitative estimate of drug-likeness (QED) is 0.867. The third kappa shape index (κ3) is 2.49. The Hall–Kier alpha value is -2.43. The van der Waals surface area contributed by atoms with E-state index in [1.807, 2.05) is 24.3 Å². The average molecular weight is 336 g/mol. The van der Waals surface area contributed by atoms with E-state index in [1.54, 1.807) is 11.0 Å². The van der Waals surface area contributed by atoms with Gasteiger partial charge in [-0.1, -0.05) is 38.1 Å². The standard InChI is InChI=1S/C20H24N4O/c1-14-19(2,3)16-8-9-20(14,10-16)18(25)23-17-6-4-15(5-7-17)11-24-13-21-12-22-24/h4-7,12-13,16H,1,8-11H2,2-3H3,(H,23,25). The molecule has 2 bridgehead atoms. The van der Waals surface area contributed by atoms with E-state index in [2.05, 4.69) is 35.8 Å². The van der Waals surface area contributed by atoms with Gasteiger partial charge in [-0.25, -0.2) is 9.67 Å². The minimum absolute atomic E-state index is 0.0667. The molecule has 0 radical (unpaired) electrons. The minimum Gasteiger partial charge on any atom is -0.325 e. The van der Waals surface area contributed by atoms with E-state index in [0.717, 1.165) is 36.1 Å². The molecular formula is C20H24N4O. The largest absolute Gasteiger partial charge is 0.325 e. The monoisotopic (exact) mass is 336 g/mol. The van der Waals surface area contributed by atoms with Crippen molar-refractivity contribution in [3.63, 3.8) is 0 Å². The van der Waals surface area contributed by atoms with Crippen LogP contribution >= 0.6 is 0 Å². The molecule has 25 heavy (non-hydrogen) atoms. The summed E-state index contributed by atoms with van der Waals surface area (Å²) in [5.74, 6) is 0.686. The second-order valence-corrected chi connectivity index (χ2v) is 7.97. The van der Waals surface area contributed by atoms with Crippen LogP contribution in [0.25, 0.3) is 0 Å². The molecule has 0 saturated heterocycles. The van der Waals surface area contributed by atoms with Gasteiger partial charge in [0, 0.05) is 5.69 Å². The smallest absolute Gasteiger partial charge is 0.234 e. The van der Waals surface area contributed by atoms with E-state index in [0.29, 0.717) is 12.5 Å². The lowest BCUT2D eigenvalue weighted by Crippen LogP contribution is -2.37. The Morgan fingerprint density at radius 2 is 2.12 bits per heavy atom. The fraction of sp³-hybridized carbons (Fsp3) is 0.450. The molecule has 1 N–H and O–H groups in total. The number of hydrogen-bond donors (Lipinski definition) is 1. The second kappa shape index (κ2) is 5.55. The summed E-state index contributed by atoms with van der Waals surface area (Å²) in [6.45, 7) is 9.43. The molecule has 2 aromatic rings. The number of nitrogens with one attached hydrogen (secondary N) is 1. The molecular weight excluding hydrogens is 312 g/mol. The van der Waals surface area contributed by atoms with Crippen LogP contribution in [0.2, 0.25) is 0 Å². The van der Waals surface area contributed by atoms with Crippen LogP contribution in [-0.4, -0.2) is 20.7 Å². The molecule has 2 aliphatic carbocycles. The van der Waals surface area contributed by atoms with Gasteiger partial charge in [0.15, 0.2) is 0 Å². The summed E-state index contributed by atoms with van der Waals surface area (Å²) in [4.78, 5) is 17.0. The number of aromatic nitrogens is 3. The van der Waals surface area contributed by atoms with Crippen LogP contribution in [-0.2, 0) is 11.3 Å². The van der Waals surface area contributed by atoms with E-state index in [9.17, 15) is 4.79 Å². The molecule has 4 rings (SSSR count). The first-order valence-electron chi connectivity index (χ1n) is 8.84. The summed E-state index contributed by atoms with van der Waals surface area (Å²) in [6.07, 6.45) is 6.21. The van der Waals surface area contributed by atoms with Gasteiger partial charge < -0.3 is 5.32 Å². The van der Waals surface area contributed by atoms with Gasteiger partial charge in [-0.15, -0.1) is 0 Å². The van der Waals surface area contributed by atoms with E-state index in [-0.39, 0.29) is 16.7 Å². The van der Waals surface area contributed by atoms with Crippen molar-refractivity contribution in [2.24, 2.45) is 16.7 Å². The third-order valence-corrected chi connectivity index (χ3v) is 6.35. The lowest BCUT2D eigenvalue weighted by molar-refractivity contribution is -0.123. The molecule has 2 atom stereocenters. The van der Waals surface area contributed by atoms with Crippen molar-refractivity contribution in [1.29, 1.82) is 0 Å². The van der Waals surface area contributed by atoms with Gasteiger partial charge in [-0.3, -0.25) is 4.79 Å². The molecule has 5 nitrogen and oxygen atoms in total. The van der Waals surface area contributed by atoms with Crippen LogP contribution < -0.4 is 5.32 Å². The molecule has 5 heteroatoms. The van der Waals surface area contributed by atoms with Crippen molar-refractivity contribution >= 4 is 11.6 Å². The highest BCUT2D eigenvalue weighted by Crippen LogP contribution is 2.65. The summed E-state index contributed by atoms with van der Waals surface area (Å²) < 4.78 is 1.77. The van der Waals surface area contributed by atoms with Gasteiger partial charge in [0.25, 0.3) is 0 Å². The molecule has 2 aliphatic rings. The Morgan fingerprint density at radius 3 is 2.72 bits per heavy atom. The zero-order chi connectivity index (χ0) is 17.7. The summed E-state index contributed by atoms with van der Waals surface area (Å²) in [6, 6.07) is 7.94. The van der Waals surface area contributed by atoms with E-state index < -0.39 is 0 Å². The van der Waals surface area contributed by atoms with Crippen LogP contribution in [0.4, 0.5) is 5.69 Å². The summed E-state index contributed by atoms with van der Waals surface area (Å²) >= 11 is 0. The Kier molecular flexibility index (Phi) is 3.56. The van der Waals surface area contributed by atoms with Crippen LogP contribution in [0.5, 0.6) is 0 Å². The van der Waals surface area contributed by atoms with Crippen LogP contribution in [0.15, 0.2) is 49.1 Å². The van der Waals surface area contributed by atoms with Gasteiger partial charge in [-0.2, -0.15) is 5.10 Å². The molecule has 0 spiro atoms. The average Bonchev–Trinajstić information content (AvgIpc) is 3.29. The number of hydrogen-bond acceptors (Lipinski definition) is 3. The lowest BCUT2D eigenvalue weighted by Gasteiger charge is -2.37. The maximum Gasteiger partial charge on any atom is 0.234 e. The Labute approximate surface area is 148 Å². The second-order valence-electron chi connectivity index (χ2n) is 7.97. The fourth-order valence-electron chi connectivity index (χ4n) is 4.59. The molecule has 0 aliphatic heterocycles. The number of nitrogens with zero attached hydrogens (tertiary/aromatic N) is 3. The Morgan fingerprint density at radius 1 is 1.36 bits per heavy atom. The Bertz CT molecular complexity index is 807. The number of rotatable bonds is 4. The number of carbonyl (C=O) groups is 1. The Balaban J connectivity index is 1.47. The lowest BCUT2D eigenvalue weighted by atomic mass is 9.68. The van der Waals surface area contributed by atoms with E-state index in [4.69, 9.17) is 0 Å². The fourth-order valence-corrected chi connectivity index (χ4v) is 4.59. The third-order valence-electron chi connectivity index (χ3n) is 6.35. The van der Waals surface area contributed by atoms with Gasteiger partial charge in [0.2, 0.25) is 5.91 Å². The number of amides is 1. The van der Waals surface area contributed by atoms with Gasteiger partial charge >= 0.3 is 0 Å². The van der Waals surface area contributed by atoms with Gasteiger partial charge in [0.05, 0.1) is 12.0 Å². The first-order chi connectivity index (χ1) is 11.9. The van der Waals surface area contributed by atoms with Gasteiger partial charge in [0.1, 0.15) is 12.7 Å². The number of fused-ring (bicyclic) bond motifs is 2. The van der Waals surface area contributed by atoms with Crippen molar-refractivity contribution in [3.8, 4) is 0 Å². The van der Waals surface area contributed by atoms with Crippen LogP contribution in [0.3, 0.4) is 0 Å². The molecule has 2 unspecified atom stereocenters. The van der Waals surface area contributed by atoms with E-state index in [1.165, 1.54) is 6.33 Å². The summed E-state index contributed by atoms with van der Waals surface area (Å²) in [5.41, 5.74) is 2.75. The maximum atomic E-state index is 13.0. The highest BCUT2D eigenvalue weighted by molar-refractivity contribution is 5.98. The molecule has 130 valence electrons. The minimum atomic E-state index is -0.381.